The summed E-state index contributed by atoms with van der Waals surface area (Å²) in [6.45, 7) is 0.728. The smallest absolute Gasteiger partial charge is 0.376 e. The molecule has 0 heterocycles. The van der Waals surface area contributed by atoms with E-state index in [1.807, 2.05) is 11.0 Å². The third kappa shape index (κ3) is 4.48. The lowest BCUT2D eigenvalue weighted by Gasteiger charge is -2.48. The monoisotopic (exact) mass is 474 g/mol. The van der Waals surface area contributed by atoms with Crippen molar-refractivity contribution >= 4 is 5.91 Å². The van der Waals surface area contributed by atoms with Crippen LogP contribution in [-0.4, -0.2) is 53.2 Å². The summed E-state index contributed by atoms with van der Waals surface area (Å²) in [5.41, 5.74) is -1.65. The highest BCUT2D eigenvalue weighted by Crippen LogP contribution is 2.44. The van der Waals surface area contributed by atoms with Gasteiger partial charge in [-0.25, -0.2) is 0 Å². The molecule has 1 amide bonds. The van der Waals surface area contributed by atoms with Crippen LogP contribution < -0.4 is 0 Å². The van der Waals surface area contributed by atoms with Gasteiger partial charge in [-0.3, -0.25) is 9.69 Å². The number of amides is 1. The van der Waals surface area contributed by atoms with Gasteiger partial charge in [0.1, 0.15) is 0 Å². The normalized spacial score (nSPS) is 25.1. The number of benzene rings is 2. The first kappa shape index (κ1) is 24.7. The molecule has 2 aliphatic carbocycles. The van der Waals surface area contributed by atoms with Gasteiger partial charge in [-0.15, -0.1) is 0 Å². The Hall–Kier alpha value is -2.38. The Morgan fingerprint density at radius 2 is 1.44 bits per heavy atom. The first-order valence-electron chi connectivity index (χ1n) is 11.9. The molecule has 0 saturated heterocycles. The number of alkyl halides is 3. The zero-order chi connectivity index (χ0) is 24.7. The van der Waals surface area contributed by atoms with Crippen molar-refractivity contribution in [2.24, 2.45) is 0 Å². The average molecular weight is 475 g/mol. The Labute approximate surface area is 199 Å². The lowest BCUT2D eigenvalue weighted by Crippen LogP contribution is -2.50. The maximum atomic E-state index is 13.5. The van der Waals surface area contributed by atoms with Crippen LogP contribution in [0.1, 0.15) is 66.9 Å². The summed E-state index contributed by atoms with van der Waals surface area (Å²) >= 11 is 0. The highest BCUT2D eigenvalue weighted by Gasteiger charge is 2.51. The molecular formula is C27H33F3N2O2. The van der Waals surface area contributed by atoms with E-state index < -0.39 is 11.8 Å². The molecule has 2 aromatic carbocycles. The van der Waals surface area contributed by atoms with E-state index >= 15 is 0 Å². The van der Waals surface area contributed by atoms with Crippen molar-refractivity contribution in [3.8, 4) is 0 Å². The van der Waals surface area contributed by atoms with E-state index in [0.717, 1.165) is 45.4 Å². The quantitative estimate of drug-likeness (QED) is 0.605. The maximum absolute atomic E-state index is 13.5. The SMILES string of the molecule is CN(C)C1(c2ccccc2)CCC(N(C(=O)c2ccc([C@](C)(O)C(F)(F)F)cc2)C2CC2)CC1. The van der Waals surface area contributed by atoms with Gasteiger partial charge >= 0.3 is 6.18 Å². The van der Waals surface area contributed by atoms with Crippen molar-refractivity contribution in [3.05, 3.63) is 71.3 Å². The molecule has 34 heavy (non-hydrogen) atoms. The van der Waals surface area contributed by atoms with E-state index in [9.17, 15) is 23.1 Å². The van der Waals surface area contributed by atoms with E-state index in [2.05, 4.69) is 43.3 Å². The molecule has 1 atom stereocenters. The number of carbonyl (C=O) groups is 1. The minimum atomic E-state index is -4.79. The zero-order valence-corrected chi connectivity index (χ0v) is 20.0. The van der Waals surface area contributed by atoms with Gasteiger partial charge in [0.2, 0.25) is 0 Å². The molecule has 2 aromatic rings. The molecule has 0 aromatic heterocycles. The molecule has 184 valence electrons. The number of aliphatic hydroxyl groups is 1. The van der Waals surface area contributed by atoms with Crippen LogP contribution in [0.3, 0.4) is 0 Å². The molecule has 2 aliphatic rings. The maximum Gasteiger partial charge on any atom is 0.421 e. The molecule has 2 saturated carbocycles. The highest BCUT2D eigenvalue weighted by atomic mass is 19.4. The van der Waals surface area contributed by atoms with Crippen LogP contribution in [0.2, 0.25) is 0 Å². The van der Waals surface area contributed by atoms with Crippen LogP contribution in [0.5, 0.6) is 0 Å². The van der Waals surface area contributed by atoms with Gasteiger partial charge in [-0.05, 0) is 82.8 Å². The largest absolute Gasteiger partial charge is 0.421 e. The van der Waals surface area contributed by atoms with Gasteiger partial charge in [0.05, 0.1) is 0 Å². The summed E-state index contributed by atoms with van der Waals surface area (Å²) < 4.78 is 39.5. The molecular weight excluding hydrogens is 441 g/mol. The molecule has 0 spiro atoms. The summed E-state index contributed by atoms with van der Waals surface area (Å²) in [4.78, 5) is 17.7. The second kappa shape index (κ2) is 9.00. The molecule has 0 radical (unpaired) electrons. The van der Waals surface area contributed by atoms with Crippen molar-refractivity contribution in [1.29, 1.82) is 0 Å². The molecule has 0 bridgehead atoms. The Morgan fingerprint density at radius 1 is 0.912 bits per heavy atom. The molecule has 0 aliphatic heterocycles. The number of halogens is 3. The number of carbonyl (C=O) groups excluding carboxylic acids is 1. The summed E-state index contributed by atoms with van der Waals surface area (Å²) in [5, 5.41) is 9.93. The fourth-order valence-electron chi connectivity index (χ4n) is 5.33. The van der Waals surface area contributed by atoms with Crippen molar-refractivity contribution in [2.45, 2.75) is 74.8 Å². The Morgan fingerprint density at radius 3 is 1.91 bits per heavy atom. The first-order chi connectivity index (χ1) is 16.0. The molecule has 4 nitrogen and oxygen atoms in total. The van der Waals surface area contributed by atoms with Crippen molar-refractivity contribution < 1.29 is 23.1 Å². The van der Waals surface area contributed by atoms with E-state index in [-0.39, 0.29) is 29.1 Å². The fraction of sp³-hybridized carbons (Fsp3) is 0.519. The van der Waals surface area contributed by atoms with Crippen LogP contribution in [0.25, 0.3) is 0 Å². The Bertz CT molecular complexity index is 991. The summed E-state index contributed by atoms with van der Waals surface area (Å²) in [7, 11) is 4.21. The van der Waals surface area contributed by atoms with E-state index in [4.69, 9.17) is 0 Å². The van der Waals surface area contributed by atoms with Crippen molar-refractivity contribution in [1.82, 2.24) is 9.80 Å². The average Bonchev–Trinajstić information content (AvgIpc) is 3.64. The number of nitrogens with zero attached hydrogens (tertiary/aromatic N) is 2. The molecule has 1 N–H and O–H groups in total. The van der Waals surface area contributed by atoms with Crippen LogP contribution in [-0.2, 0) is 11.1 Å². The standard InChI is InChI=1S/C27H33F3N2O2/c1-25(34,27(28,29)30)20-11-9-19(10-12-20)24(33)32(22-13-14-22)23-15-17-26(18-16-23,31(2)3)21-7-5-4-6-8-21/h4-12,22-23,34H,13-18H2,1-3H3/t23?,25-,26?/m0/s1. The van der Waals surface area contributed by atoms with Crippen LogP contribution >= 0.6 is 0 Å². The molecule has 0 unspecified atom stereocenters. The molecule has 2 fully saturated rings. The van der Waals surface area contributed by atoms with Crippen molar-refractivity contribution in [3.63, 3.8) is 0 Å². The minimum absolute atomic E-state index is 0.0686. The molecule has 4 rings (SSSR count). The van der Waals surface area contributed by atoms with Crippen LogP contribution in [0, 0.1) is 0 Å². The summed E-state index contributed by atoms with van der Waals surface area (Å²) in [6.07, 6.45) is 0.725. The highest BCUT2D eigenvalue weighted by molar-refractivity contribution is 5.95. The van der Waals surface area contributed by atoms with Gasteiger partial charge in [0.25, 0.3) is 5.91 Å². The topological polar surface area (TPSA) is 43.8 Å². The summed E-state index contributed by atoms with van der Waals surface area (Å²) in [6, 6.07) is 16.0. The predicted molar refractivity (Wildman–Crippen MR) is 125 cm³/mol. The Balaban J connectivity index is 1.52. The third-order valence-corrected chi connectivity index (χ3v) is 7.76. The van der Waals surface area contributed by atoms with Gasteiger partial charge in [-0.2, -0.15) is 13.2 Å². The number of hydrogen-bond acceptors (Lipinski definition) is 3. The number of hydrogen-bond donors (Lipinski definition) is 1. The van der Waals surface area contributed by atoms with Gasteiger partial charge in [-0.1, -0.05) is 42.5 Å². The summed E-state index contributed by atoms with van der Waals surface area (Å²) in [5.74, 6) is -0.136. The molecule has 7 heteroatoms. The fourth-order valence-corrected chi connectivity index (χ4v) is 5.33. The lowest BCUT2D eigenvalue weighted by atomic mass is 9.73. The Kier molecular flexibility index (Phi) is 6.55. The number of rotatable bonds is 6. The van der Waals surface area contributed by atoms with Gasteiger partial charge < -0.3 is 10.0 Å². The van der Waals surface area contributed by atoms with Gasteiger partial charge in [0, 0.05) is 23.2 Å². The van der Waals surface area contributed by atoms with Crippen molar-refractivity contribution in [2.75, 3.05) is 14.1 Å². The zero-order valence-electron chi connectivity index (χ0n) is 20.0. The van der Waals surface area contributed by atoms with Crippen LogP contribution in [0.4, 0.5) is 13.2 Å². The van der Waals surface area contributed by atoms with Gasteiger partial charge in [0.15, 0.2) is 5.60 Å². The predicted octanol–water partition coefficient (Wildman–Crippen LogP) is 5.46. The third-order valence-electron chi connectivity index (χ3n) is 7.76. The van der Waals surface area contributed by atoms with Crippen LogP contribution in [0.15, 0.2) is 54.6 Å². The lowest BCUT2D eigenvalue weighted by molar-refractivity contribution is -0.258. The first-order valence-corrected chi connectivity index (χ1v) is 11.9. The second-order valence-electron chi connectivity index (χ2n) is 10.1. The second-order valence-corrected chi connectivity index (χ2v) is 10.1. The van der Waals surface area contributed by atoms with E-state index in [1.54, 1.807) is 0 Å². The minimum Gasteiger partial charge on any atom is -0.376 e. The van der Waals surface area contributed by atoms with E-state index in [1.165, 1.54) is 29.8 Å². The van der Waals surface area contributed by atoms with E-state index in [0.29, 0.717) is 5.56 Å².